The van der Waals surface area contributed by atoms with Gasteiger partial charge in [-0.15, -0.1) is 0 Å². The maximum Gasteiger partial charge on any atom is 0.430 e. The van der Waals surface area contributed by atoms with Crippen molar-refractivity contribution in [1.82, 2.24) is 0 Å². The first-order chi connectivity index (χ1) is 16.7. The molecule has 3 rings (SSSR count). The van der Waals surface area contributed by atoms with Crippen LogP contribution in [0.4, 0.5) is 26.3 Å². The van der Waals surface area contributed by atoms with Crippen LogP contribution in [0.5, 0.6) is 0 Å². The molecule has 2 aromatic carbocycles. The zero-order valence-corrected chi connectivity index (χ0v) is 18.2. The fraction of sp³-hybridized carbons (Fsp3) is 0.435. The van der Waals surface area contributed by atoms with Gasteiger partial charge in [-0.2, -0.15) is 31.6 Å². The molecule has 1 aliphatic rings. The summed E-state index contributed by atoms with van der Waals surface area (Å²) in [6.45, 7) is -0.668. The van der Waals surface area contributed by atoms with Gasteiger partial charge in [0.15, 0.2) is 0 Å². The maximum absolute atomic E-state index is 13.1. The molecule has 0 aliphatic carbocycles. The highest BCUT2D eigenvalue weighted by Crippen LogP contribution is 2.50. The van der Waals surface area contributed by atoms with Gasteiger partial charge in [0.25, 0.3) is 5.60 Å². The van der Waals surface area contributed by atoms with Crippen LogP contribution in [0, 0.1) is 11.3 Å². The van der Waals surface area contributed by atoms with Crippen LogP contribution in [0.3, 0.4) is 0 Å². The highest BCUT2D eigenvalue weighted by molar-refractivity contribution is 5.44. The van der Waals surface area contributed by atoms with Crippen molar-refractivity contribution >= 4 is 0 Å². The van der Waals surface area contributed by atoms with E-state index in [0.717, 1.165) is 12.1 Å². The molecule has 1 fully saturated rings. The lowest BCUT2D eigenvalue weighted by Gasteiger charge is -2.40. The second-order valence-electron chi connectivity index (χ2n) is 8.36. The predicted octanol–water partition coefficient (Wildman–Crippen LogP) is 1.98. The number of hydrogen-bond donors (Lipinski definition) is 5. The molecular weight excluding hydrogens is 500 g/mol. The Morgan fingerprint density at radius 3 is 1.94 bits per heavy atom. The van der Waals surface area contributed by atoms with E-state index in [-0.39, 0.29) is 28.7 Å². The van der Waals surface area contributed by atoms with Crippen molar-refractivity contribution in [2.75, 3.05) is 6.61 Å². The average Bonchev–Trinajstić information content (AvgIpc) is 2.81. The Morgan fingerprint density at radius 2 is 1.44 bits per heavy atom. The van der Waals surface area contributed by atoms with Crippen LogP contribution >= 0.6 is 0 Å². The molecule has 5 N–H and O–H groups in total. The number of ether oxygens (including phenoxy) is 1. The minimum atomic E-state index is -6.03. The zero-order valence-electron chi connectivity index (χ0n) is 18.2. The van der Waals surface area contributed by atoms with Crippen LogP contribution < -0.4 is 0 Å². The standard InChI is InChI=1S/C23H21F6NO6/c24-22(25,26)21(35,23(27,28)29)15-5-1-11(2-6-15)7-14-8-12(3-4-13(14)9-30)20-19(34)18(33)17(32)16(10-31)36-20/h1-6,8,16-20,31-35H,7,10H2/t16-,17-,18+,19-,20+/m1/s1. The number of nitrogens with zero attached hydrogens (tertiary/aromatic N) is 1. The summed E-state index contributed by atoms with van der Waals surface area (Å²) in [5, 5.41) is 58.6. The molecule has 0 bridgehead atoms. The highest BCUT2D eigenvalue weighted by Gasteiger charge is 2.71. The van der Waals surface area contributed by atoms with Gasteiger partial charge in [-0.25, -0.2) is 0 Å². The van der Waals surface area contributed by atoms with Gasteiger partial charge >= 0.3 is 12.4 Å². The van der Waals surface area contributed by atoms with Gasteiger partial charge in [0.1, 0.15) is 30.5 Å². The van der Waals surface area contributed by atoms with E-state index in [4.69, 9.17) is 4.74 Å². The van der Waals surface area contributed by atoms with Crippen molar-refractivity contribution in [3.8, 4) is 6.07 Å². The number of aliphatic hydroxyl groups is 5. The second-order valence-corrected chi connectivity index (χ2v) is 8.36. The molecule has 0 amide bonds. The molecule has 1 saturated heterocycles. The fourth-order valence-electron chi connectivity index (χ4n) is 3.99. The Labute approximate surface area is 200 Å². The Balaban J connectivity index is 1.93. The normalized spacial score (nSPS) is 25.4. The lowest BCUT2D eigenvalue weighted by atomic mass is 9.88. The van der Waals surface area contributed by atoms with Gasteiger partial charge in [-0.3, -0.25) is 0 Å². The summed E-state index contributed by atoms with van der Waals surface area (Å²) < 4.78 is 84.1. The molecule has 36 heavy (non-hydrogen) atoms. The van der Waals surface area contributed by atoms with E-state index in [1.165, 1.54) is 18.2 Å². The van der Waals surface area contributed by atoms with E-state index >= 15 is 0 Å². The van der Waals surface area contributed by atoms with Crippen LogP contribution in [0.25, 0.3) is 0 Å². The molecule has 1 aliphatic heterocycles. The molecule has 13 heteroatoms. The zero-order chi connectivity index (χ0) is 27.1. The van der Waals surface area contributed by atoms with E-state index in [1.807, 2.05) is 6.07 Å². The summed E-state index contributed by atoms with van der Waals surface area (Å²) >= 11 is 0. The summed E-state index contributed by atoms with van der Waals surface area (Å²) in [6.07, 6.45) is -19.5. The van der Waals surface area contributed by atoms with E-state index in [1.54, 1.807) is 0 Å². The van der Waals surface area contributed by atoms with Crippen LogP contribution in [-0.2, 0) is 16.8 Å². The molecule has 1 heterocycles. The minimum Gasteiger partial charge on any atom is -0.394 e. The molecule has 2 aromatic rings. The number of rotatable bonds is 5. The Kier molecular flexibility index (Phi) is 7.71. The summed E-state index contributed by atoms with van der Waals surface area (Å²) in [7, 11) is 0. The van der Waals surface area contributed by atoms with Crippen molar-refractivity contribution in [3.05, 3.63) is 70.3 Å². The fourth-order valence-corrected chi connectivity index (χ4v) is 3.99. The molecule has 7 nitrogen and oxygen atoms in total. The van der Waals surface area contributed by atoms with Crippen molar-refractivity contribution in [1.29, 1.82) is 5.26 Å². The largest absolute Gasteiger partial charge is 0.430 e. The predicted molar refractivity (Wildman–Crippen MR) is 109 cm³/mol. The van der Waals surface area contributed by atoms with Gasteiger partial charge in [-0.1, -0.05) is 36.4 Å². The summed E-state index contributed by atoms with van der Waals surface area (Å²) in [4.78, 5) is 0. The lowest BCUT2D eigenvalue weighted by Crippen LogP contribution is -2.55. The van der Waals surface area contributed by atoms with Crippen LogP contribution in [0.2, 0.25) is 0 Å². The molecule has 0 unspecified atom stereocenters. The van der Waals surface area contributed by atoms with E-state index in [2.05, 4.69) is 0 Å². The van der Waals surface area contributed by atoms with E-state index in [9.17, 15) is 57.1 Å². The quantitative estimate of drug-likeness (QED) is 0.380. The molecule has 0 aromatic heterocycles. The first-order valence-electron chi connectivity index (χ1n) is 10.4. The van der Waals surface area contributed by atoms with Crippen LogP contribution in [0.15, 0.2) is 42.5 Å². The topological polar surface area (TPSA) is 134 Å². The Morgan fingerprint density at radius 1 is 0.861 bits per heavy atom. The van der Waals surface area contributed by atoms with Crippen molar-refractivity contribution in [2.45, 2.75) is 54.9 Å². The van der Waals surface area contributed by atoms with Gasteiger partial charge in [0.05, 0.1) is 18.2 Å². The van der Waals surface area contributed by atoms with E-state index < -0.39 is 60.6 Å². The Bertz CT molecular complexity index is 1100. The third-order valence-electron chi connectivity index (χ3n) is 6.06. The van der Waals surface area contributed by atoms with E-state index in [0.29, 0.717) is 12.1 Å². The number of hydrogen-bond acceptors (Lipinski definition) is 7. The van der Waals surface area contributed by atoms with Gasteiger partial charge in [0.2, 0.25) is 0 Å². The number of benzene rings is 2. The third kappa shape index (κ3) is 4.93. The number of alkyl halides is 6. The SMILES string of the molecule is N#Cc1ccc([C@@H]2O[C@H](CO)[C@@H](O)[C@H](O)[C@H]2O)cc1Cc1ccc(C(O)(C(F)(F)F)C(F)(F)F)cc1. The molecule has 0 spiro atoms. The maximum atomic E-state index is 13.1. The molecule has 0 radical (unpaired) electrons. The van der Waals surface area contributed by atoms with Crippen LogP contribution in [-0.4, -0.2) is 68.9 Å². The Hall–Kier alpha value is -2.73. The third-order valence-corrected chi connectivity index (χ3v) is 6.06. The first-order valence-corrected chi connectivity index (χ1v) is 10.4. The number of aliphatic hydroxyl groups excluding tert-OH is 4. The minimum absolute atomic E-state index is 0.106. The molecular formula is C23H21F6NO6. The number of nitriles is 1. The van der Waals surface area contributed by atoms with Crippen LogP contribution in [0.1, 0.15) is 33.9 Å². The van der Waals surface area contributed by atoms with Crippen molar-refractivity contribution in [2.24, 2.45) is 0 Å². The average molecular weight is 521 g/mol. The molecule has 0 saturated carbocycles. The molecule has 5 atom stereocenters. The lowest BCUT2D eigenvalue weighted by molar-refractivity contribution is -0.376. The molecule has 196 valence electrons. The second kappa shape index (κ2) is 9.97. The summed E-state index contributed by atoms with van der Waals surface area (Å²) in [5.41, 5.74) is -5.69. The van der Waals surface area contributed by atoms with Crippen molar-refractivity contribution in [3.63, 3.8) is 0 Å². The number of halogens is 6. The first kappa shape index (κ1) is 27.9. The van der Waals surface area contributed by atoms with Crippen molar-refractivity contribution < 1.29 is 56.6 Å². The summed E-state index contributed by atoms with van der Waals surface area (Å²) in [5.74, 6) is 0. The monoisotopic (exact) mass is 521 g/mol. The van der Waals surface area contributed by atoms with Gasteiger partial charge in [-0.05, 0) is 29.2 Å². The summed E-state index contributed by atoms with van der Waals surface area (Å²) in [6, 6.07) is 8.89. The van der Waals surface area contributed by atoms with Gasteiger partial charge < -0.3 is 30.3 Å². The highest BCUT2D eigenvalue weighted by atomic mass is 19.4. The smallest absolute Gasteiger partial charge is 0.394 e. The van der Waals surface area contributed by atoms with Gasteiger partial charge in [0, 0.05) is 5.56 Å².